The lowest BCUT2D eigenvalue weighted by Crippen LogP contribution is -2.48. The predicted molar refractivity (Wildman–Crippen MR) is 99.3 cm³/mol. The number of carbonyl (C=O) groups is 3. The fourth-order valence-electron chi connectivity index (χ4n) is 2.26. The number of hydrogen-bond donors (Lipinski definition) is 2. The number of ether oxygens (including phenoxy) is 1. The van der Waals surface area contributed by atoms with Crippen LogP contribution in [0, 0.1) is 5.92 Å². The standard InChI is InChI=1S/C20H22N2O4/c1-13(2)18(22-20(25)21-16-7-5-4-6-8-16)19(24)26-17-11-9-15(10-12-17)14(3)23/h4-13,18H,1-3H3,(H2,21,22,25)/t18-/m0/s1. The van der Waals surface area contributed by atoms with Crippen LogP contribution in [0.25, 0.3) is 0 Å². The molecule has 0 saturated carbocycles. The Kier molecular flexibility index (Phi) is 6.49. The van der Waals surface area contributed by atoms with Crippen molar-refractivity contribution in [1.29, 1.82) is 0 Å². The van der Waals surface area contributed by atoms with E-state index in [4.69, 9.17) is 4.74 Å². The normalized spacial score (nSPS) is 11.5. The topological polar surface area (TPSA) is 84.5 Å². The molecule has 1 atom stereocenters. The number of anilines is 1. The number of esters is 1. The Balaban J connectivity index is 2.00. The van der Waals surface area contributed by atoms with E-state index in [1.807, 2.05) is 19.9 Å². The first kappa shape index (κ1) is 19.2. The first-order valence-electron chi connectivity index (χ1n) is 8.32. The van der Waals surface area contributed by atoms with E-state index in [0.29, 0.717) is 17.0 Å². The van der Waals surface area contributed by atoms with Gasteiger partial charge >= 0.3 is 12.0 Å². The van der Waals surface area contributed by atoms with Crippen LogP contribution in [0.15, 0.2) is 54.6 Å². The van der Waals surface area contributed by atoms with E-state index in [9.17, 15) is 14.4 Å². The molecule has 2 amide bonds. The second-order valence-electron chi connectivity index (χ2n) is 6.19. The Labute approximate surface area is 152 Å². The van der Waals surface area contributed by atoms with E-state index in [1.54, 1.807) is 48.5 Å². The maximum Gasteiger partial charge on any atom is 0.334 e. The van der Waals surface area contributed by atoms with Crippen molar-refractivity contribution >= 4 is 23.5 Å². The molecule has 0 saturated heterocycles. The Bertz CT molecular complexity index is 770. The van der Waals surface area contributed by atoms with Crippen LogP contribution in [0.3, 0.4) is 0 Å². The van der Waals surface area contributed by atoms with E-state index in [2.05, 4.69) is 10.6 Å². The summed E-state index contributed by atoms with van der Waals surface area (Å²) in [5.41, 5.74) is 1.16. The zero-order chi connectivity index (χ0) is 19.1. The Morgan fingerprint density at radius 2 is 1.54 bits per heavy atom. The molecule has 0 bridgehead atoms. The summed E-state index contributed by atoms with van der Waals surface area (Å²) in [6.07, 6.45) is 0. The first-order chi connectivity index (χ1) is 12.4. The first-order valence-corrected chi connectivity index (χ1v) is 8.32. The molecule has 6 nitrogen and oxygen atoms in total. The third kappa shape index (κ3) is 5.44. The van der Waals surface area contributed by atoms with Gasteiger partial charge in [-0.05, 0) is 49.2 Å². The van der Waals surface area contributed by atoms with Crippen molar-refractivity contribution in [3.8, 4) is 5.75 Å². The van der Waals surface area contributed by atoms with E-state index < -0.39 is 18.0 Å². The summed E-state index contributed by atoms with van der Waals surface area (Å²) in [6.45, 7) is 5.09. The lowest BCUT2D eigenvalue weighted by molar-refractivity contribution is -0.137. The molecule has 0 aromatic heterocycles. The smallest absolute Gasteiger partial charge is 0.334 e. The minimum atomic E-state index is -0.814. The number of Topliss-reactive ketones (excluding diaryl/α,β-unsaturated/α-hetero) is 1. The van der Waals surface area contributed by atoms with Gasteiger partial charge in [0.2, 0.25) is 0 Å². The van der Waals surface area contributed by atoms with Crippen molar-refractivity contribution < 1.29 is 19.1 Å². The average molecular weight is 354 g/mol. The molecule has 0 heterocycles. The van der Waals surface area contributed by atoms with E-state index >= 15 is 0 Å². The molecule has 6 heteroatoms. The number of para-hydroxylation sites is 1. The molecule has 0 unspecified atom stereocenters. The van der Waals surface area contributed by atoms with E-state index in [-0.39, 0.29) is 11.7 Å². The van der Waals surface area contributed by atoms with Gasteiger partial charge in [0.15, 0.2) is 5.78 Å². The minimum Gasteiger partial charge on any atom is -0.425 e. The van der Waals surface area contributed by atoms with Crippen LogP contribution in [0.5, 0.6) is 5.75 Å². The van der Waals surface area contributed by atoms with Crippen LogP contribution >= 0.6 is 0 Å². The number of hydrogen-bond acceptors (Lipinski definition) is 4. The quantitative estimate of drug-likeness (QED) is 0.471. The molecule has 0 spiro atoms. The minimum absolute atomic E-state index is 0.0674. The van der Waals surface area contributed by atoms with Crippen molar-refractivity contribution in [2.75, 3.05) is 5.32 Å². The van der Waals surface area contributed by atoms with Crippen molar-refractivity contribution in [3.63, 3.8) is 0 Å². The number of urea groups is 1. The third-order valence-electron chi connectivity index (χ3n) is 3.72. The van der Waals surface area contributed by atoms with Crippen LogP contribution in [0.2, 0.25) is 0 Å². The molecule has 0 aliphatic carbocycles. The van der Waals surface area contributed by atoms with E-state index in [1.165, 1.54) is 6.92 Å². The summed E-state index contributed by atoms with van der Waals surface area (Å²) >= 11 is 0. The number of rotatable bonds is 6. The number of nitrogens with one attached hydrogen (secondary N) is 2. The van der Waals surface area contributed by atoms with Crippen LogP contribution in [0.4, 0.5) is 10.5 Å². The van der Waals surface area contributed by atoms with Crippen molar-refractivity contribution in [2.45, 2.75) is 26.8 Å². The third-order valence-corrected chi connectivity index (χ3v) is 3.72. The molecule has 2 aromatic rings. The molecule has 26 heavy (non-hydrogen) atoms. The lowest BCUT2D eigenvalue weighted by atomic mass is 10.1. The van der Waals surface area contributed by atoms with Gasteiger partial charge in [-0.3, -0.25) is 4.79 Å². The molecular weight excluding hydrogens is 332 g/mol. The van der Waals surface area contributed by atoms with Gasteiger partial charge in [0, 0.05) is 11.3 Å². The van der Waals surface area contributed by atoms with E-state index in [0.717, 1.165) is 0 Å². The number of ketones is 1. The second-order valence-corrected chi connectivity index (χ2v) is 6.19. The Morgan fingerprint density at radius 3 is 2.08 bits per heavy atom. The predicted octanol–water partition coefficient (Wildman–Crippen LogP) is 3.64. The van der Waals surface area contributed by atoms with Crippen LogP contribution < -0.4 is 15.4 Å². The molecular formula is C20H22N2O4. The largest absolute Gasteiger partial charge is 0.425 e. The SMILES string of the molecule is CC(=O)c1ccc(OC(=O)[C@@H](NC(=O)Nc2ccccc2)C(C)C)cc1. The maximum absolute atomic E-state index is 12.4. The summed E-state index contributed by atoms with van der Waals surface area (Å²) in [4.78, 5) is 35.9. The summed E-state index contributed by atoms with van der Waals surface area (Å²) in [7, 11) is 0. The van der Waals surface area contributed by atoms with Crippen molar-refractivity contribution in [1.82, 2.24) is 5.32 Å². The van der Waals surface area contributed by atoms with Crippen molar-refractivity contribution in [3.05, 3.63) is 60.2 Å². The maximum atomic E-state index is 12.4. The highest BCUT2D eigenvalue weighted by molar-refractivity contribution is 5.94. The zero-order valence-corrected chi connectivity index (χ0v) is 15.0. The summed E-state index contributed by atoms with van der Waals surface area (Å²) in [5, 5.41) is 5.31. The fraction of sp³-hybridized carbons (Fsp3) is 0.250. The lowest BCUT2D eigenvalue weighted by Gasteiger charge is -2.21. The monoisotopic (exact) mass is 354 g/mol. The van der Waals surface area contributed by atoms with Gasteiger partial charge in [-0.1, -0.05) is 32.0 Å². The zero-order valence-electron chi connectivity index (χ0n) is 15.0. The highest BCUT2D eigenvalue weighted by atomic mass is 16.5. The molecule has 2 aromatic carbocycles. The molecule has 2 N–H and O–H groups in total. The summed E-state index contributed by atoms with van der Waals surface area (Å²) in [5.74, 6) is -0.489. The highest BCUT2D eigenvalue weighted by Crippen LogP contribution is 2.15. The summed E-state index contributed by atoms with van der Waals surface area (Å²) < 4.78 is 5.33. The molecule has 2 rings (SSSR count). The molecule has 136 valence electrons. The highest BCUT2D eigenvalue weighted by Gasteiger charge is 2.26. The van der Waals surface area contributed by atoms with Crippen LogP contribution in [0.1, 0.15) is 31.1 Å². The molecule has 0 aliphatic rings. The average Bonchev–Trinajstić information content (AvgIpc) is 2.60. The van der Waals surface area contributed by atoms with Gasteiger partial charge in [-0.25, -0.2) is 9.59 Å². The van der Waals surface area contributed by atoms with Gasteiger partial charge in [0.1, 0.15) is 11.8 Å². The molecule has 0 fully saturated rings. The van der Waals surface area contributed by atoms with Crippen LogP contribution in [-0.2, 0) is 4.79 Å². The Morgan fingerprint density at radius 1 is 0.923 bits per heavy atom. The molecule has 0 aliphatic heterocycles. The van der Waals surface area contributed by atoms with Gasteiger partial charge in [-0.2, -0.15) is 0 Å². The number of carbonyl (C=O) groups excluding carboxylic acids is 3. The van der Waals surface area contributed by atoms with Gasteiger partial charge in [0.05, 0.1) is 0 Å². The second kappa shape index (κ2) is 8.80. The fourth-order valence-corrected chi connectivity index (χ4v) is 2.26. The van der Waals surface area contributed by atoms with Crippen LogP contribution in [-0.4, -0.2) is 23.8 Å². The van der Waals surface area contributed by atoms with Gasteiger partial charge < -0.3 is 15.4 Å². The molecule has 0 radical (unpaired) electrons. The van der Waals surface area contributed by atoms with Gasteiger partial charge in [0.25, 0.3) is 0 Å². The number of amides is 2. The summed E-state index contributed by atoms with van der Waals surface area (Å²) in [6, 6.07) is 13.9. The van der Waals surface area contributed by atoms with Crippen molar-refractivity contribution in [2.24, 2.45) is 5.92 Å². The Hall–Kier alpha value is -3.15. The van der Waals surface area contributed by atoms with Gasteiger partial charge in [-0.15, -0.1) is 0 Å². The number of benzene rings is 2.